The van der Waals surface area contributed by atoms with Gasteiger partial charge in [0.05, 0.1) is 23.8 Å². The summed E-state index contributed by atoms with van der Waals surface area (Å²) in [6.07, 6.45) is 5.86. The standard InChI is InChI=1S/C32H29N3O3S/c1-2-37-28-18-22(16-17-27(28)38-21-24-11-7-6-10-23(24)19-33)20-34-32-30(26-14-8-9-15-29(26)39-32)31(36)35-25-12-4-3-5-13-25/h3-7,10-13,16-18,20H,2,8-9,14-15,21H2,1H3,(H,35,36). The van der Waals surface area contributed by atoms with Crippen LogP contribution in [0.1, 0.15) is 57.3 Å². The molecule has 1 aliphatic carbocycles. The fraction of sp³-hybridized carbons (Fsp3) is 0.219. The summed E-state index contributed by atoms with van der Waals surface area (Å²) in [5.74, 6) is 1.07. The summed E-state index contributed by atoms with van der Waals surface area (Å²) >= 11 is 1.61. The first-order valence-corrected chi connectivity index (χ1v) is 13.9. The van der Waals surface area contributed by atoms with Crippen molar-refractivity contribution >= 4 is 34.1 Å². The number of ether oxygens (including phenoxy) is 2. The van der Waals surface area contributed by atoms with Crippen molar-refractivity contribution in [2.75, 3.05) is 11.9 Å². The lowest BCUT2D eigenvalue weighted by Gasteiger charge is -2.13. The number of amides is 1. The zero-order chi connectivity index (χ0) is 27.0. The molecule has 4 aromatic rings. The van der Waals surface area contributed by atoms with Gasteiger partial charge in [0.15, 0.2) is 11.5 Å². The van der Waals surface area contributed by atoms with Crippen molar-refractivity contribution in [3.63, 3.8) is 0 Å². The maximum absolute atomic E-state index is 13.4. The van der Waals surface area contributed by atoms with Crippen LogP contribution in [0.5, 0.6) is 11.5 Å². The topological polar surface area (TPSA) is 83.7 Å². The highest BCUT2D eigenvalue weighted by Crippen LogP contribution is 2.40. The number of nitrogens with zero attached hydrogens (tertiary/aromatic N) is 2. The van der Waals surface area contributed by atoms with Crippen LogP contribution in [0, 0.1) is 11.3 Å². The number of thiophene rings is 1. The largest absolute Gasteiger partial charge is 0.490 e. The average Bonchev–Trinajstić information content (AvgIpc) is 3.35. The number of hydrogen-bond donors (Lipinski definition) is 1. The van der Waals surface area contributed by atoms with E-state index in [4.69, 9.17) is 14.5 Å². The molecule has 0 bridgehead atoms. The van der Waals surface area contributed by atoms with E-state index in [0.29, 0.717) is 29.2 Å². The number of aliphatic imine (C=N–C) groups is 1. The van der Waals surface area contributed by atoms with E-state index in [1.54, 1.807) is 23.6 Å². The summed E-state index contributed by atoms with van der Waals surface area (Å²) in [6.45, 7) is 2.66. The van der Waals surface area contributed by atoms with Gasteiger partial charge in [-0.05, 0) is 80.1 Å². The number of nitriles is 1. The quantitative estimate of drug-likeness (QED) is 0.225. The van der Waals surface area contributed by atoms with E-state index in [-0.39, 0.29) is 12.5 Å². The first-order chi connectivity index (χ1) is 19.2. The van der Waals surface area contributed by atoms with Crippen LogP contribution >= 0.6 is 11.3 Å². The first kappa shape index (κ1) is 26.2. The molecule has 0 saturated heterocycles. The molecule has 7 heteroatoms. The van der Waals surface area contributed by atoms with Gasteiger partial charge >= 0.3 is 0 Å². The van der Waals surface area contributed by atoms with E-state index in [1.807, 2.05) is 73.7 Å². The average molecular weight is 536 g/mol. The third-order valence-corrected chi connectivity index (χ3v) is 7.73. The molecule has 0 saturated carbocycles. The van der Waals surface area contributed by atoms with Crippen molar-refractivity contribution in [3.8, 4) is 17.6 Å². The number of anilines is 1. The minimum Gasteiger partial charge on any atom is -0.490 e. The molecule has 1 N–H and O–H groups in total. The summed E-state index contributed by atoms with van der Waals surface area (Å²) < 4.78 is 11.9. The van der Waals surface area contributed by atoms with Gasteiger partial charge in [0.2, 0.25) is 0 Å². The molecule has 196 valence electrons. The Bertz CT molecular complexity index is 1540. The van der Waals surface area contributed by atoms with E-state index in [0.717, 1.165) is 53.1 Å². The molecular weight excluding hydrogens is 506 g/mol. The highest BCUT2D eigenvalue weighted by molar-refractivity contribution is 7.16. The van der Waals surface area contributed by atoms with Crippen molar-refractivity contribution in [1.29, 1.82) is 5.26 Å². The molecule has 0 spiro atoms. The summed E-state index contributed by atoms with van der Waals surface area (Å²) in [4.78, 5) is 19.4. The smallest absolute Gasteiger partial charge is 0.259 e. The van der Waals surface area contributed by atoms with Gasteiger partial charge in [0.1, 0.15) is 11.6 Å². The number of carbonyl (C=O) groups is 1. The summed E-state index contributed by atoms with van der Waals surface area (Å²) in [5.41, 5.74) is 4.81. The maximum atomic E-state index is 13.4. The molecule has 1 aliphatic rings. The summed E-state index contributed by atoms with van der Waals surface area (Å²) in [6, 6.07) is 24.7. The Hall–Kier alpha value is -4.41. The Kier molecular flexibility index (Phi) is 8.35. The van der Waals surface area contributed by atoms with Crippen molar-refractivity contribution in [3.05, 3.63) is 105 Å². The zero-order valence-corrected chi connectivity index (χ0v) is 22.6. The maximum Gasteiger partial charge on any atom is 0.259 e. The number of carbonyl (C=O) groups excluding carboxylic acids is 1. The third-order valence-electron chi connectivity index (χ3n) is 6.53. The van der Waals surface area contributed by atoms with Crippen molar-refractivity contribution in [2.24, 2.45) is 4.99 Å². The number of nitrogens with one attached hydrogen (secondary N) is 1. The summed E-state index contributed by atoms with van der Waals surface area (Å²) in [7, 11) is 0. The van der Waals surface area contributed by atoms with E-state index in [1.165, 1.54) is 4.88 Å². The molecule has 1 amide bonds. The minimum atomic E-state index is -0.121. The fourth-order valence-electron chi connectivity index (χ4n) is 4.63. The predicted octanol–water partition coefficient (Wildman–Crippen LogP) is 7.48. The number of rotatable bonds is 9. The molecule has 0 radical (unpaired) electrons. The van der Waals surface area contributed by atoms with Crippen LogP contribution < -0.4 is 14.8 Å². The molecule has 0 fully saturated rings. The van der Waals surface area contributed by atoms with E-state index in [2.05, 4.69) is 11.4 Å². The van der Waals surface area contributed by atoms with Gasteiger partial charge in [0, 0.05) is 22.3 Å². The van der Waals surface area contributed by atoms with Crippen LogP contribution in [0.15, 0.2) is 77.8 Å². The summed E-state index contributed by atoms with van der Waals surface area (Å²) in [5, 5.41) is 13.1. The van der Waals surface area contributed by atoms with Gasteiger partial charge in [-0.1, -0.05) is 36.4 Å². The van der Waals surface area contributed by atoms with Gasteiger partial charge in [-0.2, -0.15) is 5.26 Å². The van der Waals surface area contributed by atoms with Gasteiger partial charge < -0.3 is 14.8 Å². The molecule has 1 aromatic heterocycles. The molecule has 0 aliphatic heterocycles. The molecular formula is C32H29N3O3S. The SMILES string of the molecule is CCOc1cc(C=Nc2sc3c(c2C(=O)Nc2ccccc2)CCCC3)ccc1OCc1ccccc1C#N. The second-order valence-corrected chi connectivity index (χ2v) is 10.2. The van der Waals surface area contributed by atoms with Crippen LogP contribution in [-0.4, -0.2) is 18.7 Å². The number of fused-ring (bicyclic) bond motifs is 1. The van der Waals surface area contributed by atoms with Crippen LogP contribution in [-0.2, 0) is 19.4 Å². The minimum absolute atomic E-state index is 0.121. The van der Waals surface area contributed by atoms with Crippen LogP contribution in [0.3, 0.4) is 0 Å². The highest BCUT2D eigenvalue weighted by atomic mass is 32.1. The van der Waals surface area contributed by atoms with Gasteiger partial charge in [-0.3, -0.25) is 4.79 Å². The van der Waals surface area contributed by atoms with Crippen LogP contribution in [0.2, 0.25) is 0 Å². The Morgan fingerprint density at radius 3 is 2.64 bits per heavy atom. The van der Waals surface area contributed by atoms with Gasteiger partial charge in [-0.25, -0.2) is 4.99 Å². The lowest BCUT2D eigenvalue weighted by atomic mass is 9.95. The Balaban J connectivity index is 1.39. The number of benzene rings is 3. The fourth-order valence-corrected chi connectivity index (χ4v) is 5.86. The van der Waals surface area contributed by atoms with Crippen LogP contribution in [0.25, 0.3) is 0 Å². The second kappa shape index (κ2) is 12.4. The predicted molar refractivity (Wildman–Crippen MR) is 156 cm³/mol. The molecule has 3 aromatic carbocycles. The zero-order valence-electron chi connectivity index (χ0n) is 21.8. The monoisotopic (exact) mass is 535 g/mol. The van der Waals surface area contributed by atoms with Crippen molar-refractivity contribution in [2.45, 2.75) is 39.2 Å². The molecule has 1 heterocycles. The highest BCUT2D eigenvalue weighted by Gasteiger charge is 2.25. The molecule has 0 atom stereocenters. The number of para-hydroxylation sites is 1. The normalized spacial score (nSPS) is 12.5. The van der Waals surface area contributed by atoms with Crippen molar-refractivity contribution < 1.29 is 14.3 Å². The van der Waals surface area contributed by atoms with E-state index >= 15 is 0 Å². The van der Waals surface area contributed by atoms with Crippen molar-refractivity contribution in [1.82, 2.24) is 0 Å². The molecule has 0 unspecified atom stereocenters. The van der Waals surface area contributed by atoms with E-state index in [9.17, 15) is 10.1 Å². The first-order valence-electron chi connectivity index (χ1n) is 13.1. The molecule has 5 rings (SSSR count). The second-order valence-electron chi connectivity index (χ2n) is 9.17. The Labute approximate surface area is 232 Å². The van der Waals surface area contributed by atoms with E-state index < -0.39 is 0 Å². The Morgan fingerprint density at radius 2 is 1.82 bits per heavy atom. The van der Waals surface area contributed by atoms with Crippen LogP contribution in [0.4, 0.5) is 10.7 Å². The third kappa shape index (κ3) is 6.19. The number of hydrogen-bond acceptors (Lipinski definition) is 6. The lowest BCUT2D eigenvalue weighted by molar-refractivity contribution is 0.102. The lowest BCUT2D eigenvalue weighted by Crippen LogP contribution is -2.14. The number of aryl methyl sites for hydroxylation is 1. The molecule has 6 nitrogen and oxygen atoms in total. The van der Waals surface area contributed by atoms with Gasteiger partial charge in [-0.15, -0.1) is 11.3 Å². The van der Waals surface area contributed by atoms with Gasteiger partial charge in [0.25, 0.3) is 5.91 Å². The Morgan fingerprint density at radius 1 is 1.03 bits per heavy atom. The molecule has 39 heavy (non-hydrogen) atoms.